The van der Waals surface area contributed by atoms with Gasteiger partial charge in [0.2, 0.25) is 5.91 Å². The van der Waals surface area contributed by atoms with Gasteiger partial charge in [-0.15, -0.1) is 0 Å². The van der Waals surface area contributed by atoms with Gasteiger partial charge in [-0.25, -0.2) is 0 Å². The molecule has 5 nitrogen and oxygen atoms in total. The Morgan fingerprint density at radius 1 is 0.864 bits per heavy atom. The third-order valence-electron chi connectivity index (χ3n) is 3.22. The highest BCUT2D eigenvalue weighted by atomic mass is 16.5. The molecule has 0 aliphatic heterocycles. The predicted molar refractivity (Wildman–Crippen MR) is 87.7 cm³/mol. The summed E-state index contributed by atoms with van der Waals surface area (Å²) in [5.74, 6) is 1.42. The van der Waals surface area contributed by atoms with E-state index in [1.54, 1.807) is 38.5 Å². The number of amides is 1. The SMILES string of the molecule is COc1ccc(NC(=O)[C@H](C)Nc2ccc(OC)cc2)cc1. The summed E-state index contributed by atoms with van der Waals surface area (Å²) in [6.45, 7) is 1.81. The first-order valence-corrected chi connectivity index (χ1v) is 6.98. The molecule has 0 bridgehead atoms. The molecule has 0 aromatic heterocycles. The minimum absolute atomic E-state index is 0.110. The Kier molecular flexibility index (Phi) is 5.25. The Morgan fingerprint density at radius 2 is 1.32 bits per heavy atom. The van der Waals surface area contributed by atoms with Gasteiger partial charge in [-0.05, 0) is 55.5 Å². The summed E-state index contributed by atoms with van der Waals surface area (Å²) in [4.78, 5) is 12.2. The number of nitrogens with one attached hydrogen (secondary N) is 2. The molecule has 2 aromatic rings. The normalized spacial score (nSPS) is 11.4. The number of methoxy groups -OCH3 is 2. The first-order chi connectivity index (χ1) is 10.6. The van der Waals surface area contributed by atoms with Crippen LogP contribution >= 0.6 is 0 Å². The summed E-state index contributed by atoms with van der Waals surface area (Å²) in [6.07, 6.45) is 0. The van der Waals surface area contributed by atoms with Crippen molar-refractivity contribution in [3.05, 3.63) is 48.5 Å². The van der Waals surface area contributed by atoms with Crippen molar-refractivity contribution in [1.82, 2.24) is 0 Å². The molecule has 2 aromatic carbocycles. The van der Waals surface area contributed by atoms with Crippen LogP contribution in [0.2, 0.25) is 0 Å². The maximum absolute atomic E-state index is 12.2. The van der Waals surface area contributed by atoms with Gasteiger partial charge in [0.1, 0.15) is 17.5 Å². The van der Waals surface area contributed by atoms with E-state index in [-0.39, 0.29) is 11.9 Å². The summed E-state index contributed by atoms with van der Waals surface area (Å²) in [7, 11) is 3.22. The van der Waals surface area contributed by atoms with E-state index in [0.29, 0.717) is 0 Å². The summed E-state index contributed by atoms with van der Waals surface area (Å²) in [6, 6.07) is 14.3. The summed E-state index contributed by atoms with van der Waals surface area (Å²) in [5, 5.41) is 6.00. The van der Waals surface area contributed by atoms with Crippen molar-refractivity contribution in [3.63, 3.8) is 0 Å². The Labute approximate surface area is 130 Å². The largest absolute Gasteiger partial charge is 0.497 e. The zero-order valence-corrected chi connectivity index (χ0v) is 12.9. The van der Waals surface area contributed by atoms with Crippen LogP contribution in [0, 0.1) is 0 Å². The molecule has 116 valence electrons. The summed E-state index contributed by atoms with van der Waals surface area (Å²) in [5.41, 5.74) is 1.59. The van der Waals surface area contributed by atoms with Crippen LogP contribution in [-0.4, -0.2) is 26.2 Å². The molecule has 0 heterocycles. The molecule has 0 saturated heterocycles. The van der Waals surface area contributed by atoms with Gasteiger partial charge in [-0.3, -0.25) is 4.79 Å². The minimum atomic E-state index is -0.365. The second kappa shape index (κ2) is 7.36. The first kappa shape index (κ1) is 15.7. The lowest BCUT2D eigenvalue weighted by molar-refractivity contribution is -0.116. The molecule has 0 saturated carbocycles. The number of carbonyl (C=O) groups is 1. The summed E-state index contributed by atoms with van der Waals surface area (Å²) < 4.78 is 10.2. The highest BCUT2D eigenvalue weighted by Gasteiger charge is 2.12. The molecule has 0 spiro atoms. The number of anilines is 2. The molecule has 1 amide bonds. The van der Waals surface area contributed by atoms with Crippen molar-refractivity contribution < 1.29 is 14.3 Å². The zero-order valence-electron chi connectivity index (χ0n) is 12.9. The molecule has 0 radical (unpaired) electrons. The molecular weight excluding hydrogens is 280 g/mol. The number of carbonyl (C=O) groups excluding carboxylic acids is 1. The maximum atomic E-state index is 12.2. The zero-order chi connectivity index (χ0) is 15.9. The first-order valence-electron chi connectivity index (χ1n) is 6.98. The number of hydrogen-bond donors (Lipinski definition) is 2. The molecule has 0 aliphatic rings. The van der Waals surface area contributed by atoms with E-state index in [4.69, 9.17) is 9.47 Å². The molecule has 22 heavy (non-hydrogen) atoms. The van der Waals surface area contributed by atoms with E-state index in [1.807, 2.05) is 31.2 Å². The van der Waals surface area contributed by atoms with Crippen LogP contribution in [0.1, 0.15) is 6.92 Å². The van der Waals surface area contributed by atoms with Crippen LogP contribution < -0.4 is 20.1 Å². The van der Waals surface area contributed by atoms with E-state index in [2.05, 4.69) is 10.6 Å². The quantitative estimate of drug-likeness (QED) is 0.860. The van der Waals surface area contributed by atoms with Crippen LogP contribution in [0.15, 0.2) is 48.5 Å². The molecule has 2 N–H and O–H groups in total. The van der Waals surface area contributed by atoms with Crippen molar-refractivity contribution in [2.75, 3.05) is 24.9 Å². The van der Waals surface area contributed by atoms with Gasteiger partial charge in [0.15, 0.2) is 0 Å². The van der Waals surface area contributed by atoms with E-state index in [9.17, 15) is 4.79 Å². The monoisotopic (exact) mass is 300 g/mol. The lowest BCUT2D eigenvalue weighted by atomic mass is 10.2. The predicted octanol–water partition coefficient (Wildman–Crippen LogP) is 3.14. The molecule has 2 rings (SSSR count). The number of benzene rings is 2. The molecule has 0 fully saturated rings. The van der Waals surface area contributed by atoms with Gasteiger partial charge in [0.05, 0.1) is 14.2 Å². The molecule has 0 aliphatic carbocycles. The molecule has 5 heteroatoms. The second-order valence-corrected chi connectivity index (χ2v) is 4.81. The van der Waals surface area contributed by atoms with Crippen molar-refractivity contribution in [3.8, 4) is 11.5 Å². The molecule has 1 atom stereocenters. The van der Waals surface area contributed by atoms with Crippen LogP contribution in [0.3, 0.4) is 0 Å². The highest BCUT2D eigenvalue weighted by molar-refractivity contribution is 5.96. The third-order valence-corrected chi connectivity index (χ3v) is 3.22. The topological polar surface area (TPSA) is 59.6 Å². The van der Waals surface area contributed by atoms with Crippen LogP contribution in [0.4, 0.5) is 11.4 Å². The fourth-order valence-electron chi connectivity index (χ4n) is 1.93. The standard InChI is InChI=1S/C17H20N2O3/c1-12(18-13-4-8-15(21-2)9-5-13)17(20)19-14-6-10-16(22-3)11-7-14/h4-12,18H,1-3H3,(H,19,20)/t12-/m0/s1. The number of ether oxygens (including phenoxy) is 2. The van der Waals surface area contributed by atoms with Gasteiger partial charge < -0.3 is 20.1 Å². The van der Waals surface area contributed by atoms with Gasteiger partial charge in [-0.2, -0.15) is 0 Å². The molecule has 0 unspecified atom stereocenters. The van der Waals surface area contributed by atoms with Crippen molar-refractivity contribution >= 4 is 17.3 Å². The Morgan fingerprint density at radius 3 is 1.77 bits per heavy atom. The van der Waals surface area contributed by atoms with E-state index in [0.717, 1.165) is 22.9 Å². The van der Waals surface area contributed by atoms with Gasteiger partial charge in [0.25, 0.3) is 0 Å². The number of rotatable bonds is 6. The lowest BCUT2D eigenvalue weighted by Crippen LogP contribution is -2.31. The Bertz CT molecular complexity index is 609. The highest BCUT2D eigenvalue weighted by Crippen LogP contribution is 2.17. The van der Waals surface area contributed by atoms with Crippen molar-refractivity contribution in [1.29, 1.82) is 0 Å². The van der Waals surface area contributed by atoms with Crippen molar-refractivity contribution in [2.24, 2.45) is 0 Å². The Balaban J connectivity index is 1.92. The van der Waals surface area contributed by atoms with E-state index >= 15 is 0 Å². The minimum Gasteiger partial charge on any atom is -0.497 e. The third kappa shape index (κ3) is 4.15. The Hall–Kier alpha value is -2.69. The second-order valence-electron chi connectivity index (χ2n) is 4.81. The van der Waals surface area contributed by atoms with Gasteiger partial charge >= 0.3 is 0 Å². The van der Waals surface area contributed by atoms with Gasteiger partial charge in [0, 0.05) is 11.4 Å². The van der Waals surface area contributed by atoms with E-state index < -0.39 is 0 Å². The lowest BCUT2D eigenvalue weighted by Gasteiger charge is -2.15. The van der Waals surface area contributed by atoms with Crippen LogP contribution in [0.5, 0.6) is 11.5 Å². The number of hydrogen-bond acceptors (Lipinski definition) is 4. The van der Waals surface area contributed by atoms with E-state index in [1.165, 1.54) is 0 Å². The fourth-order valence-corrected chi connectivity index (χ4v) is 1.93. The maximum Gasteiger partial charge on any atom is 0.246 e. The van der Waals surface area contributed by atoms with Crippen LogP contribution in [0.25, 0.3) is 0 Å². The average Bonchev–Trinajstić information content (AvgIpc) is 2.56. The summed E-state index contributed by atoms with van der Waals surface area (Å²) >= 11 is 0. The average molecular weight is 300 g/mol. The van der Waals surface area contributed by atoms with Crippen LogP contribution in [-0.2, 0) is 4.79 Å². The molecular formula is C17H20N2O3. The fraction of sp³-hybridized carbons (Fsp3) is 0.235. The smallest absolute Gasteiger partial charge is 0.246 e. The van der Waals surface area contributed by atoms with Crippen molar-refractivity contribution in [2.45, 2.75) is 13.0 Å². The van der Waals surface area contributed by atoms with Gasteiger partial charge in [-0.1, -0.05) is 0 Å².